The standard InChI is InChI=1S/C45H40N6O6S/c52-28-30-9-11-33(12-10-30)42-26-41(29-58-45-48-49-50-51(45)37-19-21-38(53)22-20-37)56-43(57-42)34-15-13-32(14-16-34)35-6-4-5-31(25-35)27-46-44(54)47-36-17-23-40(24-18-36)55-39-7-2-1-3-8-39/h1-25,41-43,52-53H,26-29H2,(H2,46,47,54). The quantitative estimate of drug-likeness (QED) is 0.0833. The molecule has 1 aliphatic rings. The molecule has 12 nitrogen and oxygen atoms in total. The third kappa shape index (κ3) is 9.71. The molecule has 1 aliphatic heterocycles. The topological polar surface area (TPSA) is 153 Å². The maximum atomic E-state index is 12.7. The number of rotatable bonds is 13. The van der Waals surface area contributed by atoms with E-state index in [1.54, 1.807) is 41.1 Å². The second kappa shape index (κ2) is 18.2. The van der Waals surface area contributed by atoms with Crippen molar-refractivity contribution in [1.29, 1.82) is 0 Å². The Morgan fingerprint density at radius 1 is 0.776 bits per heavy atom. The lowest BCUT2D eigenvalue weighted by molar-refractivity contribution is -0.245. The number of nitrogens with one attached hydrogen (secondary N) is 2. The summed E-state index contributed by atoms with van der Waals surface area (Å²) in [6, 6.07) is 47.1. The molecule has 2 amide bonds. The summed E-state index contributed by atoms with van der Waals surface area (Å²) in [5.74, 6) is 2.15. The first-order chi connectivity index (χ1) is 28.5. The highest BCUT2D eigenvalue weighted by Gasteiger charge is 2.33. The Hall–Kier alpha value is -6.51. The molecule has 0 spiro atoms. The van der Waals surface area contributed by atoms with Gasteiger partial charge in [-0.15, -0.1) is 5.10 Å². The zero-order valence-corrected chi connectivity index (χ0v) is 32.0. The normalized spacial score (nSPS) is 16.4. The molecule has 7 aromatic rings. The summed E-state index contributed by atoms with van der Waals surface area (Å²) in [4.78, 5) is 12.7. The minimum Gasteiger partial charge on any atom is -0.508 e. The largest absolute Gasteiger partial charge is 0.508 e. The smallest absolute Gasteiger partial charge is 0.319 e. The number of phenolic OH excluding ortho intramolecular Hbond substituents is 1. The van der Waals surface area contributed by atoms with Gasteiger partial charge < -0.3 is 35.1 Å². The SMILES string of the molecule is O=C(NCc1cccc(-c2ccc(C3OC(CSc4nnnn4-c4ccc(O)cc4)CC(c4ccc(CO)cc4)O3)cc2)c1)Nc1ccc(Oc2ccccc2)cc1. The van der Waals surface area contributed by atoms with E-state index < -0.39 is 6.29 Å². The molecule has 0 radical (unpaired) electrons. The molecule has 1 saturated heterocycles. The summed E-state index contributed by atoms with van der Waals surface area (Å²) in [6.07, 6.45) is -0.481. The molecule has 13 heteroatoms. The maximum Gasteiger partial charge on any atom is 0.319 e. The van der Waals surface area contributed by atoms with Crippen LogP contribution in [0, 0.1) is 0 Å². The van der Waals surface area contributed by atoms with E-state index in [4.69, 9.17) is 14.2 Å². The van der Waals surface area contributed by atoms with E-state index in [0.717, 1.165) is 44.8 Å². The molecular formula is C45H40N6O6S. The molecule has 4 N–H and O–H groups in total. The Morgan fingerprint density at radius 2 is 1.52 bits per heavy atom. The van der Waals surface area contributed by atoms with Gasteiger partial charge in [-0.2, -0.15) is 4.68 Å². The summed E-state index contributed by atoms with van der Waals surface area (Å²) in [5, 5.41) is 38.0. The molecule has 6 aromatic carbocycles. The fourth-order valence-corrected chi connectivity index (χ4v) is 7.41. The number of carbonyl (C=O) groups is 1. The third-order valence-corrected chi connectivity index (χ3v) is 10.6. The van der Waals surface area contributed by atoms with Crippen molar-refractivity contribution in [2.24, 2.45) is 0 Å². The van der Waals surface area contributed by atoms with E-state index in [1.165, 1.54) is 11.8 Å². The number of aliphatic hydroxyl groups excluding tert-OH is 1. The Labute approximate surface area is 339 Å². The maximum absolute atomic E-state index is 12.7. The average molecular weight is 793 g/mol. The Bertz CT molecular complexity index is 2410. The number of amides is 2. The number of benzene rings is 6. The van der Waals surface area contributed by atoms with Crippen molar-refractivity contribution in [1.82, 2.24) is 25.5 Å². The number of urea groups is 1. The monoisotopic (exact) mass is 792 g/mol. The van der Waals surface area contributed by atoms with Crippen LogP contribution in [0.4, 0.5) is 10.5 Å². The first-order valence-corrected chi connectivity index (χ1v) is 19.7. The second-order valence-corrected chi connectivity index (χ2v) is 14.6. The lowest BCUT2D eigenvalue weighted by atomic mass is 9.99. The van der Waals surface area contributed by atoms with E-state index in [0.29, 0.717) is 35.3 Å². The van der Waals surface area contributed by atoms with Crippen LogP contribution in [-0.4, -0.2) is 48.3 Å². The van der Waals surface area contributed by atoms with Gasteiger partial charge >= 0.3 is 6.03 Å². The van der Waals surface area contributed by atoms with Gasteiger partial charge in [-0.05, 0) is 105 Å². The minimum absolute atomic E-state index is 0.0325. The predicted molar refractivity (Wildman–Crippen MR) is 221 cm³/mol. The van der Waals surface area contributed by atoms with Gasteiger partial charge in [-0.25, -0.2) is 4.79 Å². The number of hydrogen-bond donors (Lipinski definition) is 4. The van der Waals surface area contributed by atoms with E-state index in [9.17, 15) is 15.0 Å². The zero-order valence-electron chi connectivity index (χ0n) is 31.2. The van der Waals surface area contributed by atoms with Crippen LogP contribution in [0.25, 0.3) is 16.8 Å². The van der Waals surface area contributed by atoms with Gasteiger partial charge in [0, 0.05) is 30.0 Å². The number of nitrogens with zero attached hydrogens (tertiary/aromatic N) is 4. The molecule has 58 heavy (non-hydrogen) atoms. The highest BCUT2D eigenvalue weighted by atomic mass is 32.2. The first-order valence-electron chi connectivity index (χ1n) is 18.7. The van der Waals surface area contributed by atoms with Crippen LogP contribution in [0.15, 0.2) is 157 Å². The van der Waals surface area contributed by atoms with E-state index >= 15 is 0 Å². The molecule has 0 saturated carbocycles. The van der Waals surface area contributed by atoms with Crippen molar-refractivity contribution < 1.29 is 29.2 Å². The van der Waals surface area contributed by atoms with Gasteiger partial charge in [0.1, 0.15) is 17.2 Å². The molecule has 0 bridgehead atoms. The summed E-state index contributed by atoms with van der Waals surface area (Å²) < 4.78 is 20.6. The van der Waals surface area contributed by atoms with Gasteiger partial charge in [-0.3, -0.25) is 0 Å². The van der Waals surface area contributed by atoms with Crippen LogP contribution in [0.3, 0.4) is 0 Å². The summed E-state index contributed by atoms with van der Waals surface area (Å²) in [7, 11) is 0. The summed E-state index contributed by atoms with van der Waals surface area (Å²) in [5.41, 5.74) is 7.06. The summed E-state index contributed by atoms with van der Waals surface area (Å²) >= 11 is 1.48. The highest BCUT2D eigenvalue weighted by Crippen LogP contribution is 2.40. The van der Waals surface area contributed by atoms with Crippen LogP contribution in [0.2, 0.25) is 0 Å². The van der Waals surface area contributed by atoms with Gasteiger partial charge in [0.25, 0.3) is 0 Å². The number of aromatic nitrogens is 4. The molecular weight excluding hydrogens is 753 g/mol. The number of ether oxygens (including phenoxy) is 3. The molecule has 0 aliphatic carbocycles. The van der Waals surface area contributed by atoms with Crippen molar-refractivity contribution in [2.45, 2.75) is 43.2 Å². The second-order valence-electron chi connectivity index (χ2n) is 13.6. The van der Waals surface area contributed by atoms with Crippen molar-refractivity contribution in [3.63, 3.8) is 0 Å². The number of thioether (sulfide) groups is 1. The fourth-order valence-electron chi connectivity index (χ4n) is 6.50. The van der Waals surface area contributed by atoms with E-state index in [1.807, 2.05) is 109 Å². The fraction of sp³-hybridized carbons (Fsp3) is 0.156. The van der Waals surface area contributed by atoms with Crippen molar-refractivity contribution >= 4 is 23.5 Å². The Balaban J connectivity index is 0.906. The van der Waals surface area contributed by atoms with Crippen LogP contribution in [-0.2, 0) is 22.6 Å². The highest BCUT2D eigenvalue weighted by molar-refractivity contribution is 7.99. The van der Waals surface area contributed by atoms with Crippen LogP contribution >= 0.6 is 11.8 Å². The molecule has 1 aromatic heterocycles. The number of aromatic hydroxyl groups is 1. The molecule has 3 unspecified atom stereocenters. The number of carbonyl (C=O) groups excluding carboxylic acids is 1. The van der Waals surface area contributed by atoms with Crippen LogP contribution < -0.4 is 15.4 Å². The molecule has 292 valence electrons. The first kappa shape index (κ1) is 38.4. The van der Waals surface area contributed by atoms with E-state index in [2.05, 4.69) is 32.2 Å². The van der Waals surface area contributed by atoms with Crippen molar-refractivity contribution in [3.8, 4) is 34.1 Å². The average Bonchev–Trinajstić information content (AvgIpc) is 3.75. The molecule has 2 heterocycles. The Morgan fingerprint density at radius 3 is 2.28 bits per heavy atom. The zero-order chi connectivity index (χ0) is 39.7. The lowest BCUT2D eigenvalue weighted by Crippen LogP contribution is -2.31. The number of tetrazole rings is 1. The predicted octanol–water partition coefficient (Wildman–Crippen LogP) is 8.98. The molecule has 1 fully saturated rings. The number of para-hydroxylation sites is 1. The van der Waals surface area contributed by atoms with Gasteiger partial charge in [0.05, 0.1) is 24.5 Å². The number of hydrogen-bond acceptors (Lipinski definition) is 10. The van der Waals surface area contributed by atoms with Gasteiger partial charge in [0.2, 0.25) is 5.16 Å². The summed E-state index contributed by atoms with van der Waals surface area (Å²) in [6.45, 7) is 0.313. The van der Waals surface area contributed by atoms with Gasteiger partial charge in [-0.1, -0.05) is 96.7 Å². The van der Waals surface area contributed by atoms with Crippen molar-refractivity contribution in [2.75, 3.05) is 11.1 Å². The lowest BCUT2D eigenvalue weighted by Gasteiger charge is -2.36. The van der Waals surface area contributed by atoms with Crippen LogP contribution in [0.5, 0.6) is 17.2 Å². The van der Waals surface area contributed by atoms with Gasteiger partial charge in [0.15, 0.2) is 6.29 Å². The van der Waals surface area contributed by atoms with Crippen LogP contribution in [0.1, 0.15) is 41.1 Å². The van der Waals surface area contributed by atoms with Crippen molar-refractivity contribution in [3.05, 3.63) is 174 Å². The molecule has 8 rings (SSSR count). The third-order valence-electron chi connectivity index (χ3n) is 9.54. The van der Waals surface area contributed by atoms with E-state index in [-0.39, 0.29) is 30.6 Å². The number of phenols is 1. The minimum atomic E-state index is -0.634. The molecule has 3 atom stereocenters. The number of aliphatic hydroxyl groups is 1. The Kier molecular flexibility index (Phi) is 12.0. The number of anilines is 1.